The van der Waals surface area contributed by atoms with Gasteiger partial charge in [-0.15, -0.1) is 0 Å². The Bertz CT molecular complexity index is 1240. The van der Waals surface area contributed by atoms with Gasteiger partial charge in [0.05, 0.1) is 33.2 Å². The fourth-order valence-electron chi connectivity index (χ4n) is 3.34. The molecule has 0 aliphatic carbocycles. The number of nitrogens with zero attached hydrogens (tertiary/aromatic N) is 1. The van der Waals surface area contributed by atoms with E-state index >= 15 is 0 Å². The molecule has 0 fully saturated rings. The highest BCUT2D eigenvalue weighted by Crippen LogP contribution is 2.34. The van der Waals surface area contributed by atoms with Crippen LogP contribution >= 0.6 is 23.2 Å². The minimum absolute atomic E-state index is 0.394. The Morgan fingerprint density at radius 1 is 1.06 bits per heavy atom. The lowest BCUT2D eigenvalue weighted by Crippen LogP contribution is -2.28. The fraction of sp³-hybridized carbons (Fsp3) is 0.167. The fourth-order valence-corrected chi connectivity index (χ4v) is 3.92. The lowest BCUT2D eigenvalue weighted by molar-refractivity contribution is 0.200. The van der Waals surface area contributed by atoms with Crippen molar-refractivity contribution < 1.29 is 14.3 Å². The zero-order valence-electron chi connectivity index (χ0n) is 17.3. The molecule has 0 atom stereocenters. The van der Waals surface area contributed by atoms with E-state index in [2.05, 4.69) is 15.3 Å². The van der Waals surface area contributed by atoms with Gasteiger partial charge in [0.1, 0.15) is 17.3 Å². The number of aromatic nitrogens is 2. The standard InChI is InChI=1S/C24H21Cl2N3O3/c1-2-31-21-9-4-3-6-15(21)12-13-27-24(30)32-16-10-11-19-20(14-16)29-23(28-19)22-17(25)7-5-8-18(22)26/h3-11,14H,2,12-13H2,1H3,(H,27,30)(H,28,29). The van der Waals surface area contributed by atoms with Crippen molar-refractivity contribution in [2.75, 3.05) is 13.2 Å². The van der Waals surface area contributed by atoms with Gasteiger partial charge in [-0.1, -0.05) is 47.5 Å². The van der Waals surface area contributed by atoms with Gasteiger partial charge in [0, 0.05) is 12.6 Å². The van der Waals surface area contributed by atoms with Crippen molar-refractivity contribution in [2.24, 2.45) is 0 Å². The van der Waals surface area contributed by atoms with Crippen molar-refractivity contribution in [2.45, 2.75) is 13.3 Å². The molecule has 0 saturated heterocycles. The molecule has 164 valence electrons. The first-order valence-electron chi connectivity index (χ1n) is 10.2. The minimum atomic E-state index is -0.535. The van der Waals surface area contributed by atoms with Crippen LogP contribution in [0.15, 0.2) is 60.7 Å². The molecule has 32 heavy (non-hydrogen) atoms. The number of fused-ring (bicyclic) bond motifs is 1. The van der Waals surface area contributed by atoms with E-state index in [1.807, 2.05) is 31.2 Å². The number of rotatable bonds is 7. The Kier molecular flexibility index (Phi) is 6.83. The molecule has 3 aromatic carbocycles. The van der Waals surface area contributed by atoms with Crippen LogP contribution in [0.4, 0.5) is 4.79 Å². The minimum Gasteiger partial charge on any atom is -0.494 e. The third kappa shape index (κ3) is 4.98. The van der Waals surface area contributed by atoms with Gasteiger partial charge in [-0.3, -0.25) is 0 Å². The first-order chi connectivity index (χ1) is 15.5. The zero-order chi connectivity index (χ0) is 22.5. The van der Waals surface area contributed by atoms with Crippen LogP contribution < -0.4 is 14.8 Å². The van der Waals surface area contributed by atoms with Crippen LogP contribution in [0.5, 0.6) is 11.5 Å². The summed E-state index contributed by atoms with van der Waals surface area (Å²) in [6, 6.07) is 18.2. The molecule has 1 amide bonds. The predicted molar refractivity (Wildman–Crippen MR) is 127 cm³/mol. The van der Waals surface area contributed by atoms with Gasteiger partial charge in [-0.25, -0.2) is 9.78 Å². The number of aromatic amines is 1. The number of hydrogen-bond acceptors (Lipinski definition) is 4. The van der Waals surface area contributed by atoms with Crippen LogP contribution in [0.1, 0.15) is 12.5 Å². The second-order valence-corrected chi connectivity index (χ2v) is 7.78. The van der Waals surface area contributed by atoms with Crippen molar-refractivity contribution in [3.05, 3.63) is 76.3 Å². The average molecular weight is 470 g/mol. The number of para-hydroxylation sites is 1. The van der Waals surface area contributed by atoms with E-state index < -0.39 is 6.09 Å². The van der Waals surface area contributed by atoms with Crippen molar-refractivity contribution in [3.63, 3.8) is 0 Å². The average Bonchev–Trinajstić information content (AvgIpc) is 3.18. The Labute approximate surface area is 195 Å². The second kappa shape index (κ2) is 9.94. The van der Waals surface area contributed by atoms with Crippen molar-refractivity contribution >= 4 is 40.3 Å². The summed E-state index contributed by atoms with van der Waals surface area (Å²) in [5.41, 5.74) is 3.06. The third-order valence-corrected chi connectivity index (χ3v) is 5.43. The summed E-state index contributed by atoms with van der Waals surface area (Å²) >= 11 is 12.6. The third-order valence-electron chi connectivity index (χ3n) is 4.80. The van der Waals surface area contributed by atoms with Crippen LogP contribution in [0.2, 0.25) is 10.0 Å². The van der Waals surface area contributed by atoms with E-state index in [4.69, 9.17) is 32.7 Å². The SMILES string of the molecule is CCOc1ccccc1CCNC(=O)Oc1ccc2nc(-c3c(Cl)cccc3Cl)[nH]c2c1. The van der Waals surface area contributed by atoms with E-state index in [9.17, 15) is 4.79 Å². The summed E-state index contributed by atoms with van der Waals surface area (Å²) in [7, 11) is 0. The molecule has 0 bridgehead atoms. The van der Waals surface area contributed by atoms with E-state index in [0.29, 0.717) is 57.8 Å². The van der Waals surface area contributed by atoms with Gasteiger partial charge in [-0.05, 0) is 49.2 Å². The van der Waals surface area contributed by atoms with Gasteiger partial charge in [0.15, 0.2) is 0 Å². The number of nitrogens with one attached hydrogen (secondary N) is 2. The van der Waals surface area contributed by atoms with Gasteiger partial charge in [0.2, 0.25) is 0 Å². The Morgan fingerprint density at radius 2 is 1.84 bits per heavy atom. The maximum atomic E-state index is 12.2. The first kappa shape index (κ1) is 22.0. The molecule has 0 aliphatic rings. The van der Waals surface area contributed by atoms with Crippen LogP contribution in [0, 0.1) is 0 Å². The highest BCUT2D eigenvalue weighted by molar-refractivity contribution is 6.39. The van der Waals surface area contributed by atoms with E-state index in [1.165, 1.54) is 0 Å². The molecule has 1 heterocycles. The van der Waals surface area contributed by atoms with Crippen molar-refractivity contribution in [1.82, 2.24) is 15.3 Å². The number of benzene rings is 3. The molecular formula is C24H21Cl2N3O3. The Hall–Kier alpha value is -3.22. The van der Waals surface area contributed by atoms with Crippen molar-refractivity contribution in [1.29, 1.82) is 0 Å². The summed E-state index contributed by atoms with van der Waals surface area (Å²) in [5, 5.41) is 3.76. The lowest BCUT2D eigenvalue weighted by atomic mass is 10.1. The molecule has 2 N–H and O–H groups in total. The van der Waals surface area contributed by atoms with Crippen LogP contribution in [-0.2, 0) is 6.42 Å². The van der Waals surface area contributed by atoms with Crippen molar-refractivity contribution in [3.8, 4) is 22.9 Å². The Balaban J connectivity index is 1.41. The molecule has 0 radical (unpaired) electrons. The van der Waals surface area contributed by atoms with E-state index in [0.717, 1.165) is 11.3 Å². The molecule has 0 saturated carbocycles. The lowest BCUT2D eigenvalue weighted by Gasteiger charge is -2.10. The molecule has 0 spiro atoms. The molecule has 8 heteroatoms. The summed E-state index contributed by atoms with van der Waals surface area (Å²) in [5.74, 6) is 1.76. The highest BCUT2D eigenvalue weighted by atomic mass is 35.5. The maximum absolute atomic E-state index is 12.2. The van der Waals surface area contributed by atoms with Gasteiger partial charge < -0.3 is 19.8 Å². The molecule has 4 aromatic rings. The first-order valence-corrected chi connectivity index (χ1v) is 10.9. The van der Waals surface area contributed by atoms with Gasteiger partial charge >= 0.3 is 6.09 Å². The van der Waals surface area contributed by atoms with Crippen LogP contribution in [0.25, 0.3) is 22.4 Å². The number of amides is 1. The van der Waals surface area contributed by atoms with Crippen LogP contribution in [0.3, 0.4) is 0 Å². The normalized spacial score (nSPS) is 10.8. The van der Waals surface area contributed by atoms with E-state index in [1.54, 1.807) is 36.4 Å². The quantitative estimate of drug-likeness (QED) is 0.334. The second-order valence-electron chi connectivity index (χ2n) is 6.97. The predicted octanol–water partition coefficient (Wildman–Crippen LogP) is 6.27. The molecule has 1 aromatic heterocycles. The molecule has 0 aliphatic heterocycles. The molecular weight excluding hydrogens is 449 g/mol. The number of carbonyl (C=O) groups is 1. The monoisotopic (exact) mass is 469 g/mol. The number of H-pyrrole nitrogens is 1. The van der Waals surface area contributed by atoms with E-state index in [-0.39, 0.29) is 0 Å². The summed E-state index contributed by atoms with van der Waals surface area (Å²) in [6.45, 7) is 2.95. The number of hydrogen-bond donors (Lipinski definition) is 2. The number of carbonyl (C=O) groups excluding carboxylic acids is 1. The van der Waals surface area contributed by atoms with Gasteiger partial charge in [-0.2, -0.15) is 0 Å². The summed E-state index contributed by atoms with van der Waals surface area (Å²) in [6.07, 6.45) is 0.0967. The summed E-state index contributed by atoms with van der Waals surface area (Å²) < 4.78 is 11.0. The van der Waals surface area contributed by atoms with Crippen LogP contribution in [-0.4, -0.2) is 29.2 Å². The largest absolute Gasteiger partial charge is 0.494 e. The van der Waals surface area contributed by atoms with Gasteiger partial charge in [0.25, 0.3) is 0 Å². The number of ether oxygens (including phenoxy) is 2. The topological polar surface area (TPSA) is 76.2 Å². The number of imidazole rings is 1. The summed E-state index contributed by atoms with van der Waals surface area (Å²) in [4.78, 5) is 20.0. The smallest absolute Gasteiger partial charge is 0.412 e. The Morgan fingerprint density at radius 3 is 2.62 bits per heavy atom. The zero-order valence-corrected chi connectivity index (χ0v) is 18.8. The highest BCUT2D eigenvalue weighted by Gasteiger charge is 2.14. The molecule has 0 unspecified atom stereocenters. The maximum Gasteiger partial charge on any atom is 0.412 e. The molecule has 6 nitrogen and oxygen atoms in total. The molecule has 4 rings (SSSR count). The number of halogens is 2.